The molecule has 0 spiro atoms. The van der Waals surface area contributed by atoms with Crippen molar-refractivity contribution in [1.29, 1.82) is 0 Å². The Labute approximate surface area is 150 Å². The zero-order valence-electron chi connectivity index (χ0n) is 14.9. The highest BCUT2D eigenvalue weighted by atomic mass is 19.4. The molecule has 0 unspecified atom stereocenters. The molecule has 1 fully saturated rings. The summed E-state index contributed by atoms with van der Waals surface area (Å²) in [7, 11) is 1.52. The van der Waals surface area contributed by atoms with Crippen LogP contribution in [0.4, 0.5) is 13.2 Å². The van der Waals surface area contributed by atoms with Crippen LogP contribution >= 0.6 is 0 Å². The summed E-state index contributed by atoms with van der Waals surface area (Å²) in [5, 5.41) is 2.64. The number of nitrogens with zero attached hydrogens (tertiary/aromatic N) is 1. The molecule has 1 amide bonds. The Morgan fingerprint density at radius 1 is 1.27 bits per heavy atom. The van der Waals surface area contributed by atoms with Crippen LogP contribution in [0.15, 0.2) is 18.2 Å². The smallest absolute Gasteiger partial charge is 0.405 e. The maximum absolute atomic E-state index is 12.6. The number of carbonyl (C=O) groups is 1. The molecule has 0 aliphatic heterocycles. The van der Waals surface area contributed by atoms with E-state index in [4.69, 9.17) is 4.74 Å². The molecule has 4 nitrogen and oxygen atoms in total. The van der Waals surface area contributed by atoms with E-state index in [1.807, 2.05) is 24.4 Å². The van der Waals surface area contributed by atoms with Crippen molar-refractivity contribution in [1.82, 2.24) is 9.88 Å². The third-order valence-corrected chi connectivity index (χ3v) is 5.07. The minimum atomic E-state index is -4.44. The second-order valence-electron chi connectivity index (χ2n) is 6.80. The third kappa shape index (κ3) is 3.66. The van der Waals surface area contributed by atoms with Gasteiger partial charge in [0.2, 0.25) is 0 Å². The largest absolute Gasteiger partial charge is 0.497 e. The SMILES string of the molecule is COc1ccc2c(c1)c(C(=O)NCC(F)(F)F)c(C)n2C1CCCCC1. The van der Waals surface area contributed by atoms with Crippen LogP contribution in [0.1, 0.15) is 54.2 Å². The molecule has 0 bridgehead atoms. The fraction of sp³-hybridized carbons (Fsp3) is 0.526. The zero-order chi connectivity index (χ0) is 18.9. The van der Waals surface area contributed by atoms with Gasteiger partial charge >= 0.3 is 6.18 Å². The molecule has 3 rings (SSSR count). The monoisotopic (exact) mass is 368 g/mol. The minimum Gasteiger partial charge on any atom is -0.497 e. The number of rotatable bonds is 4. The van der Waals surface area contributed by atoms with Gasteiger partial charge in [0, 0.05) is 22.6 Å². The number of aromatic nitrogens is 1. The van der Waals surface area contributed by atoms with Crippen LogP contribution in [0, 0.1) is 6.92 Å². The number of carbonyl (C=O) groups excluding carboxylic acids is 1. The average molecular weight is 368 g/mol. The molecule has 1 saturated carbocycles. The highest BCUT2D eigenvalue weighted by molar-refractivity contribution is 6.08. The lowest BCUT2D eigenvalue weighted by Crippen LogP contribution is -2.34. The Kier molecular flexibility index (Phi) is 5.16. The first-order valence-electron chi connectivity index (χ1n) is 8.85. The van der Waals surface area contributed by atoms with Crippen LogP contribution in [-0.4, -0.2) is 30.3 Å². The summed E-state index contributed by atoms with van der Waals surface area (Å²) in [5.74, 6) is -0.129. The topological polar surface area (TPSA) is 43.3 Å². The van der Waals surface area contributed by atoms with Crippen molar-refractivity contribution in [2.45, 2.75) is 51.2 Å². The average Bonchev–Trinajstić information content (AvgIpc) is 2.90. The second kappa shape index (κ2) is 7.21. The van der Waals surface area contributed by atoms with E-state index in [2.05, 4.69) is 4.57 Å². The zero-order valence-corrected chi connectivity index (χ0v) is 14.9. The van der Waals surface area contributed by atoms with Gasteiger partial charge in [0.05, 0.1) is 12.7 Å². The van der Waals surface area contributed by atoms with Crippen LogP contribution in [0.5, 0.6) is 5.75 Å². The Hall–Kier alpha value is -2.18. The standard InChI is InChI=1S/C19H23F3N2O2/c1-12-17(18(25)23-11-19(20,21)22)15-10-14(26-2)8-9-16(15)24(12)13-6-4-3-5-7-13/h8-10,13H,3-7,11H2,1-2H3,(H,23,25). The van der Waals surface area contributed by atoms with Gasteiger partial charge in [0.25, 0.3) is 5.91 Å². The number of nitrogens with one attached hydrogen (secondary N) is 1. The lowest BCUT2D eigenvalue weighted by atomic mass is 9.95. The third-order valence-electron chi connectivity index (χ3n) is 5.07. The number of hydrogen-bond acceptors (Lipinski definition) is 2. The van der Waals surface area contributed by atoms with Crippen LogP contribution in [0.2, 0.25) is 0 Å². The molecule has 0 atom stereocenters. The molecule has 7 heteroatoms. The first kappa shape index (κ1) is 18.6. The Morgan fingerprint density at radius 2 is 1.96 bits per heavy atom. The van der Waals surface area contributed by atoms with Crippen molar-refractivity contribution < 1.29 is 22.7 Å². The molecule has 142 valence electrons. The van der Waals surface area contributed by atoms with Gasteiger partial charge in [-0.15, -0.1) is 0 Å². The molecule has 1 aliphatic rings. The maximum Gasteiger partial charge on any atom is 0.405 e. The van der Waals surface area contributed by atoms with Gasteiger partial charge in [-0.2, -0.15) is 13.2 Å². The lowest BCUT2D eigenvalue weighted by molar-refractivity contribution is -0.123. The number of alkyl halides is 3. The number of halogens is 3. The van der Waals surface area contributed by atoms with Crippen LogP contribution in [0.3, 0.4) is 0 Å². The highest BCUT2D eigenvalue weighted by Crippen LogP contribution is 2.37. The summed E-state index contributed by atoms with van der Waals surface area (Å²) in [6.07, 6.45) is 1.02. The van der Waals surface area contributed by atoms with Crippen molar-refractivity contribution in [3.05, 3.63) is 29.5 Å². The van der Waals surface area contributed by atoms with Crippen LogP contribution in [0.25, 0.3) is 10.9 Å². The molecule has 1 aromatic carbocycles. The number of fused-ring (bicyclic) bond motifs is 1. The molecule has 1 N–H and O–H groups in total. The molecular formula is C19H23F3N2O2. The Balaban J connectivity index is 2.08. The highest BCUT2D eigenvalue weighted by Gasteiger charge is 2.30. The van der Waals surface area contributed by atoms with E-state index in [1.54, 1.807) is 6.07 Å². The predicted octanol–water partition coefficient (Wildman–Crippen LogP) is 4.76. The van der Waals surface area contributed by atoms with Crippen molar-refractivity contribution in [3.8, 4) is 5.75 Å². The van der Waals surface area contributed by atoms with E-state index in [9.17, 15) is 18.0 Å². The maximum atomic E-state index is 12.6. The molecular weight excluding hydrogens is 345 g/mol. The summed E-state index contributed by atoms with van der Waals surface area (Å²) in [5.41, 5.74) is 1.88. The van der Waals surface area contributed by atoms with Gasteiger partial charge in [-0.05, 0) is 38.0 Å². The minimum absolute atomic E-state index is 0.267. The quantitative estimate of drug-likeness (QED) is 0.846. The van der Waals surface area contributed by atoms with Gasteiger partial charge in [-0.1, -0.05) is 19.3 Å². The Bertz CT molecular complexity index is 805. The van der Waals surface area contributed by atoms with E-state index in [0.29, 0.717) is 22.4 Å². The predicted molar refractivity (Wildman–Crippen MR) is 93.7 cm³/mol. The summed E-state index contributed by atoms with van der Waals surface area (Å²) in [6, 6.07) is 5.70. The van der Waals surface area contributed by atoms with E-state index < -0.39 is 18.6 Å². The number of benzene rings is 1. The van der Waals surface area contributed by atoms with E-state index in [-0.39, 0.29) is 6.04 Å². The van der Waals surface area contributed by atoms with Crippen LogP contribution in [-0.2, 0) is 0 Å². The fourth-order valence-electron chi connectivity index (χ4n) is 3.91. The molecule has 2 aromatic rings. The summed E-state index contributed by atoms with van der Waals surface area (Å²) < 4.78 is 44.9. The molecule has 0 saturated heterocycles. The van der Waals surface area contributed by atoms with Crippen LogP contribution < -0.4 is 10.1 Å². The molecule has 0 radical (unpaired) electrons. The summed E-state index contributed by atoms with van der Waals surface area (Å²) in [4.78, 5) is 12.6. The van der Waals surface area contributed by atoms with E-state index >= 15 is 0 Å². The number of hydrogen-bond donors (Lipinski definition) is 1. The van der Waals surface area contributed by atoms with Gasteiger partial charge < -0.3 is 14.6 Å². The van der Waals surface area contributed by atoms with Crippen molar-refractivity contribution in [2.24, 2.45) is 0 Å². The van der Waals surface area contributed by atoms with E-state index in [1.165, 1.54) is 13.5 Å². The van der Waals surface area contributed by atoms with Gasteiger partial charge in [-0.25, -0.2) is 0 Å². The van der Waals surface area contributed by atoms with Gasteiger partial charge in [-0.3, -0.25) is 4.79 Å². The molecule has 1 aliphatic carbocycles. The normalized spacial score (nSPS) is 16.0. The fourth-order valence-corrected chi connectivity index (χ4v) is 3.91. The van der Waals surface area contributed by atoms with Gasteiger partial charge in [0.15, 0.2) is 0 Å². The number of ether oxygens (including phenoxy) is 1. The molecule has 1 heterocycles. The molecule has 26 heavy (non-hydrogen) atoms. The molecule has 1 aromatic heterocycles. The first-order chi connectivity index (χ1) is 12.3. The van der Waals surface area contributed by atoms with Crippen molar-refractivity contribution in [2.75, 3.05) is 13.7 Å². The van der Waals surface area contributed by atoms with E-state index in [0.717, 1.165) is 31.2 Å². The van der Waals surface area contributed by atoms with Gasteiger partial charge in [0.1, 0.15) is 12.3 Å². The van der Waals surface area contributed by atoms with Crippen molar-refractivity contribution in [3.63, 3.8) is 0 Å². The second-order valence-corrected chi connectivity index (χ2v) is 6.80. The lowest BCUT2D eigenvalue weighted by Gasteiger charge is -2.26. The number of amides is 1. The Morgan fingerprint density at radius 3 is 2.58 bits per heavy atom. The first-order valence-corrected chi connectivity index (χ1v) is 8.85. The summed E-state index contributed by atoms with van der Waals surface area (Å²) >= 11 is 0. The number of methoxy groups -OCH3 is 1. The summed E-state index contributed by atoms with van der Waals surface area (Å²) in [6.45, 7) is 0.467. The van der Waals surface area contributed by atoms with Crippen molar-refractivity contribution >= 4 is 16.8 Å².